The van der Waals surface area contributed by atoms with E-state index in [0.717, 1.165) is 30.7 Å². The lowest BCUT2D eigenvalue weighted by Gasteiger charge is -2.50. The highest BCUT2D eigenvalue weighted by Crippen LogP contribution is 2.45. The van der Waals surface area contributed by atoms with Crippen molar-refractivity contribution < 1.29 is 18.0 Å². The zero-order chi connectivity index (χ0) is 19.2. The van der Waals surface area contributed by atoms with E-state index in [1.165, 1.54) is 0 Å². The number of aromatic amines is 1. The van der Waals surface area contributed by atoms with Crippen molar-refractivity contribution in [2.24, 2.45) is 5.92 Å². The average molecular weight is 394 g/mol. The minimum Gasteiger partial charge on any atom is -0.348 e. The molecular formula is C18H26N4O4S. The van der Waals surface area contributed by atoms with Gasteiger partial charge in [0.2, 0.25) is 11.8 Å². The second-order valence-electron chi connectivity index (χ2n) is 7.83. The summed E-state index contributed by atoms with van der Waals surface area (Å²) in [6, 6.07) is 0. The normalized spacial score (nSPS) is 22.0. The molecule has 0 aromatic carbocycles. The first-order valence-corrected chi connectivity index (χ1v) is 11.5. The number of likely N-dealkylation sites (tertiary alicyclic amines) is 1. The molecule has 1 saturated heterocycles. The number of fused-ring (bicyclic) bond motifs is 2. The maximum Gasteiger partial charge on any atom is 0.237 e. The molecule has 3 heterocycles. The first-order valence-electron chi connectivity index (χ1n) is 9.69. The monoisotopic (exact) mass is 394 g/mol. The molecule has 1 N–H and O–H groups in total. The smallest absolute Gasteiger partial charge is 0.237 e. The fourth-order valence-corrected chi connectivity index (χ4v) is 5.13. The lowest BCUT2D eigenvalue weighted by atomic mass is 9.78. The summed E-state index contributed by atoms with van der Waals surface area (Å²) in [6.07, 6.45) is 5.56. The predicted octanol–water partition coefficient (Wildman–Crippen LogP) is 0.457. The maximum absolute atomic E-state index is 12.9. The summed E-state index contributed by atoms with van der Waals surface area (Å²) < 4.78 is 23.6. The first kappa shape index (κ1) is 18.5. The Morgan fingerprint density at radius 1 is 1.26 bits per heavy atom. The molecule has 3 aliphatic rings. The number of rotatable bonds is 4. The molecule has 8 nitrogen and oxygen atoms in total. The van der Waals surface area contributed by atoms with Gasteiger partial charge in [0.15, 0.2) is 9.84 Å². The summed E-state index contributed by atoms with van der Waals surface area (Å²) >= 11 is 0. The number of nitrogens with zero attached hydrogens (tertiary/aromatic N) is 3. The molecule has 0 radical (unpaired) electrons. The number of piperidine rings is 1. The minimum atomic E-state index is -3.34. The Labute approximate surface area is 159 Å². The molecule has 9 heteroatoms. The van der Waals surface area contributed by atoms with Crippen molar-refractivity contribution in [3.05, 3.63) is 17.7 Å². The van der Waals surface area contributed by atoms with Crippen molar-refractivity contribution in [3.8, 4) is 0 Å². The van der Waals surface area contributed by atoms with Crippen LogP contribution >= 0.6 is 0 Å². The number of hydrogen-bond acceptors (Lipinski definition) is 5. The Kier molecular flexibility index (Phi) is 4.52. The van der Waals surface area contributed by atoms with Gasteiger partial charge < -0.3 is 14.8 Å². The van der Waals surface area contributed by atoms with Gasteiger partial charge in [-0.2, -0.15) is 0 Å². The molecule has 0 atom stereocenters. The molecule has 2 fully saturated rings. The highest BCUT2D eigenvalue weighted by molar-refractivity contribution is 7.92. The molecule has 2 aliphatic heterocycles. The van der Waals surface area contributed by atoms with Crippen LogP contribution in [0.3, 0.4) is 0 Å². The van der Waals surface area contributed by atoms with Gasteiger partial charge in [-0.1, -0.05) is 6.92 Å². The number of aromatic nitrogens is 2. The molecule has 1 aromatic heterocycles. The van der Waals surface area contributed by atoms with Crippen LogP contribution in [0.1, 0.15) is 44.0 Å². The third kappa shape index (κ3) is 3.26. The molecule has 148 valence electrons. The number of carbonyl (C=O) groups is 2. The Balaban J connectivity index is 1.55. The summed E-state index contributed by atoms with van der Waals surface area (Å²) in [4.78, 5) is 36.7. The zero-order valence-electron chi connectivity index (χ0n) is 15.6. The lowest BCUT2D eigenvalue weighted by molar-refractivity contribution is -0.145. The van der Waals surface area contributed by atoms with Crippen molar-refractivity contribution in [2.45, 2.75) is 44.6 Å². The fourth-order valence-electron chi connectivity index (χ4n) is 4.36. The highest BCUT2D eigenvalue weighted by Gasteiger charge is 2.51. The summed E-state index contributed by atoms with van der Waals surface area (Å²) in [5.41, 5.74) is 1.52. The van der Waals surface area contributed by atoms with Crippen LogP contribution in [-0.4, -0.2) is 71.1 Å². The van der Waals surface area contributed by atoms with Crippen molar-refractivity contribution in [1.29, 1.82) is 0 Å². The minimum absolute atomic E-state index is 0.0309. The Bertz CT molecular complexity index is 850. The van der Waals surface area contributed by atoms with E-state index in [2.05, 4.69) is 9.97 Å². The number of nitrogens with one attached hydrogen (secondary N) is 1. The van der Waals surface area contributed by atoms with Gasteiger partial charge in [0, 0.05) is 43.4 Å². The Morgan fingerprint density at radius 2 is 1.96 bits per heavy atom. The van der Waals surface area contributed by atoms with Crippen LogP contribution in [0.25, 0.3) is 0 Å². The van der Waals surface area contributed by atoms with Crippen LogP contribution in [0.2, 0.25) is 0 Å². The van der Waals surface area contributed by atoms with E-state index in [4.69, 9.17) is 0 Å². The Hall–Kier alpha value is -1.90. The molecule has 1 spiro atoms. The lowest BCUT2D eigenvalue weighted by Crippen LogP contribution is -2.59. The summed E-state index contributed by atoms with van der Waals surface area (Å²) in [5, 5.41) is 0. The number of sulfone groups is 1. The van der Waals surface area contributed by atoms with Crippen LogP contribution in [0.15, 0.2) is 6.33 Å². The number of amides is 2. The predicted molar refractivity (Wildman–Crippen MR) is 98.5 cm³/mol. The number of carbonyl (C=O) groups excluding carboxylic acids is 2. The summed E-state index contributed by atoms with van der Waals surface area (Å²) in [5.74, 6) is -0.468. The third-order valence-electron chi connectivity index (χ3n) is 6.18. The third-order valence-corrected chi connectivity index (χ3v) is 7.75. The van der Waals surface area contributed by atoms with Gasteiger partial charge in [-0.3, -0.25) is 9.59 Å². The second-order valence-corrected chi connectivity index (χ2v) is 10.2. The molecule has 2 amide bonds. The van der Waals surface area contributed by atoms with Gasteiger partial charge in [0.1, 0.15) is 5.75 Å². The fraction of sp³-hybridized carbons (Fsp3) is 0.722. The molecule has 27 heavy (non-hydrogen) atoms. The number of imidazole rings is 1. The number of H-pyrrole nitrogens is 1. The van der Waals surface area contributed by atoms with E-state index in [9.17, 15) is 18.0 Å². The molecular weight excluding hydrogens is 368 g/mol. The van der Waals surface area contributed by atoms with Gasteiger partial charge in [-0.15, -0.1) is 0 Å². The topological polar surface area (TPSA) is 103 Å². The largest absolute Gasteiger partial charge is 0.348 e. The van der Waals surface area contributed by atoms with Crippen LogP contribution in [0, 0.1) is 5.92 Å². The van der Waals surface area contributed by atoms with Crippen molar-refractivity contribution in [2.75, 3.05) is 31.1 Å². The maximum atomic E-state index is 12.9. The van der Waals surface area contributed by atoms with Crippen LogP contribution in [0.5, 0.6) is 0 Å². The van der Waals surface area contributed by atoms with Crippen molar-refractivity contribution >= 4 is 21.7 Å². The van der Waals surface area contributed by atoms with Crippen molar-refractivity contribution in [1.82, 2.24) is 19.8 Å². The molecule has 0 unspecified atom stereocenters. The average Bonchev–Trinajstić information content (AvgIpc) is 3.39. The quantitative estimate of drug-likeness (QED) is 0.799. The van der Waals surface area contributed by atoms with Gasteiger partial charge in [0.05, 0.1) is 17.6 Å². The van der Waals surface area contributed by atoms with E-state index in [-0.39, 0.29) is 23.5 Å². The standard InChI is InChI=1S/C18H26N4O4S/c1-2-27(25,26)11-15(23)21-9-6-18(7-10-21)16-14(19-12-20-16)5-8-22(18)17(24)13-3-4-13/h12-13H,2-11H2,1H3,(H,19,20). The van der Waals surface area contributed by atoms with Crippen LogP contribution in [0.4, 0.5) is 0 Å². The number of hydrogen-bond donors (Lipinski definition) is 1. The molecule has 1 aliphatic carbocycles. The van der Waals surface area contributed by atoms with E-state index in [1.54, 1.807) is 18.2 Å². The first-order chi connectivity index (χ1) is 12.9. The van der Waals surface area contributed by atoms with Crippen LogP contribution < -0.4 is 0 Å². The van der Waals surface area contributed by atoms with Crippen LogP contribution in [-0.2, 0) is 31.4 Å². The van der Waals surface area contributed by atoms with E-state index in [0.29, 0.717) is 32.5 Å². The molecule has 0 bridgehead atoms. The SMILES string of the molecule is CCS(=O)(=O)CC(=O)N1CCC2(CC1)c1nc[nH]c1CCN2C(=O)C1CC1. The zero-order valence-corrected chi connectivity index (χ0v) is 16.4. The second kappa shape index (κ2) is 6.61. The summed E-state index contributed by atoms with van der Waals surface area (Å²) in [7, 11) is -3.34. The highest BCUT2D eigenvalue weighted by atomic mass is 32.2. The Morgan fingerprint density at radius 3 is 2.59 bits per heavy atom. The van der Waals surface area contributed by atoms with E-state index < -0.39 is 21.1 Å². The molecule has 1 saturated carbocycles. The molecule has 1 aromatic rings. The van der Waals surface area contributed by atoms with Gasteiger partial charge in [0.25, 0.3) is 0 Å². The van der Waals surface area contributed by atoms with Gasteiger partial charge in [-0.25, -0.2) is 13.4 Å². The van der Waals surface area contributed by atoms with Gasteiger partial charge >= 0.3 is 0 Å². The van der Waals surface area contributed by atoms with E-state index >= 15 is 0 Å². The van der Waals surface area contributed by atoms with Crippen molar-refractivity contribution in [3.63, 3.8) is 0 Å². The van der Waals surface area contributed by atoms with Gasteiger partial charge in [-0.05, 0) is 25.7 Å². The molecule has 4 rings (SSSR count). The van der Waals surface area contributed by atoms with E-state index in [1.807, 2.05) is 4.90 Å². The summed E-state index contributed by atoms with van der Waals surface area (Å²) in [6.45, 7) is 3.11.